The van der Waals surface area contributed by atoms with Gasteiger partial charge in [0.2, 0.25) is 0 Å². The molecule has 1 heterocycles. The van der Waals surface area contributed by atoms with Crippen LogP contribution >= 0.6 is 39.5 Å². The summed E-state index contributed by atoms with van der Waals surface area (Å²) in [6.45, 7) is 8.20. The highest BCUT2D eigenvalue weighted by molar-refractivity contribution is 9.10. The lowest BCUT2D eigenvalue weighted by Gasteiger charge is -2.21. The zero-order valence-electron chi connectivity index (χ0n) is 18.9. The molecule has 0 saturated heterocycles. The fourth-order valence-corrected chi connectivity index (χ4v) is 5.95. The summed E-state index contributed by atoms with van der Waals surface area (Å²) >= 11 is 10.3. The number of carbonyl (C=O) groups is 2. The predicted molar refractivity (Wildman–Crippen MR) is 143 cm³/mol. The van der Waals surface area contributed by atoms with Gasteiger partial charge in [0.25, 0.3) is 11.8 Å². The van der Waals surface area contributed by atoms with E-state index >= 15 is 0 Å². The summed E-state index contributed by atoms with van der Waals surface area (Å²) in [7, 11) is 0. The molecule has 0 atom stereocenters. The Balaban J connectivity index is 1.77. The Kier molecular flexibility index (Phi) is 7.72. The number of carbonyl (C=O) groups excluding carboxylic acids is 2. The Bertz CT molecular complexity index is 1210. The highest BCUT2D eigenvalue weighted by Gasteiger charge is 2.22. The van der Waals surface area contributed by atoms with Crippen molar-refractivity contribution in [1.29, 1.82) is 0 Å². The Hall–Kier alpha value is -2.55. The summed E-state index contributed by atoms with van der Waals surface area (Å²) in [4.78, 5) is 25.9. The molecule has 0 aliphatic rings. The highest BCUT2D eigenvalue weighted by Crippen LogP contribution is 2.34. The molecule has 3 rings (SSSR count). The van der Waals surface area contributed by atoms with Crippen molar-refractivity contribution in [2.75, 3.05) is 5.32 Å². The standard InChI is InChI=1S/C25H26BrN3O2S2/c1-14-19(12-15-8-6-5-7-9-15)33-23(20(14)21(27)30)29-24(32)28-22(31)16-10-11-17(18(26)13-16)25(2,3)4/h5-11,13H,12H2,1-4H3,(H2,27,30)(H2,28,29,31,32). The van der Waals surface area contributed by atoms with E-state index in [4.69, 9.17) is 18.0 Å². The Morgan fingerprint density at radius 3 is 2.36 bits per heavy atom. The number of hydrogen-bond donors (Lipinski definition) is 3. The van der Waals surface area contributed by atoms with Gasteiger partial charge >= 0.3 is 0 Å². The summed E-state index contributed by atoms with van der Waals surface area (Å²) in [6.07, 6.45) is 0.673. The van der Waals surface area contributed by atoms with Crippen LogP contribution < -0.4 is 16.4 Å². The molecule has 4 N–H and O–H groups in total. The normalized spacial score (nSPS) is 11.2. The van der Waals surface area contributed by atoms with Crippen LogP contribution in [0.5, 0.6) is 0 Å². The number of thiophene rings is 1. The number of halogens is 1. The molecular formula is C25H26BrN3O2S2. The average molecular weight is 545 g/mol. The van der Waals surface area contributed by atoms with Gasteiger partial charge in [0, 0.05) is 21.3 Å². The first-order valence-corrected chi connectivity index (χ1v) is 12.4. The molecule has 2 aromatic carbocycles. The zero-order chi connectivity index (χ0) is 24.3. The summed E-state index contributed by atoms with van der Waals surface area (Å²) in [6, 6.07) is 15.5. The number of amides is 2. The van der Waals surface area contributed by atoms with Crippen molar-refractivity contribution in [3.8, 4) is 0 Å². The van der Waals surface area contributed by atoms with Gasteiger partial charge in [0.05, 0.1) is 5.56 Å². The van der Waals surface area contributed by atoms with E-state index < -0.39 is 5.91 Å². The van der Waals surface area contributed by atoms with Crippen molar-refractivity contribution < 1.29 is 9.59 Å². The topological polar surface area (TPSA) is 84.2 Å². The maximum absolute atomic E-state index is 12.7. The van der Waals surface area contributed by atoms with Gasteiger partial charge in [-0.1, -0.05) is 73.1 Å². The number of nitrogens with two attached hydrogens (primary N) is 1. The number of anilines is 1. The Morgan fingerprint density at radius 1 is 1.12 bits per heavy atom. The molecule has 0 spiro atoms. The second kappa shape index (κ2) is 10.2. The SMILES string of the molecule is Cc1c(Cc2ccccc2)sc(NC(=S)NC(=O)c2ccc(C(C)(C)C)c(Br)c2)c1C(N)=O. The van der Waals surface area contributed by atoms with Crippen molar-refractivity contribution >= 4 is 61.4 Å². The largest absolute Gasteiger partial charge is 0.365 e. The average Bonchev–Trinajstić information content (AvgIpc) is 3.02. The summed E-state index contributed by atoms with van der Waals surface area (Å²) in [5, 5.41) is 6.32. The van der Waals surface area contributed by atoms with E-state index in [1.54, 1.807) is 12.1 Å². The molecule has 0 aliphatic heterocycles. The van der Waals surface area contributed by atoms with Gasteiger partial charge < -0.3 is 11.1 Å². The lowest BCUT2D eigenvalue weighted by atomic mass is 9.86. The first kappa shape index (κ1) is 25.1. The number of thiocarbonyl (C=S) groups is 1. The van der Waals surface area contributed by atoms with Gasteiger partial charge in [-0.05, 0) is 53.4 Å². The number of nitrogens with one attached hydrogen (secondary N) is 2. The molecule has 0 unspecified atom stereocenters. The number of primary amides is 1. The highest BCUT2D eigenvalue weighted by atomic mass is 79.9. The van der Waals surface area contributed by atoms with E-state index in [1.807, 2.05) is 43.3 Å². The molecule has 0 saturated carbocycles. The second-order valence-corrected chi connectivity index (χ2v) is 11.1. The molecule has 3 aromatic rings. The molecule has 0 fully saturated rings. The van der Waals surface area contributed by atoms with E-state index in [-0.39, 0.29) is 16.4 Å². The van der Waals surface area contributed by atoms with Crippen molar-refractivity contribution in [3.63, 3.8) is 0 Å². The second-order valence-electron chi connectivity index (χ2n) is 8.73. The smallest absolute Gasteiger partial charge is 0.257 e. The molecule has 33 heavy (non-hydrogen) atoms. The van der Waals surface area contributed by atoms with Crippen LogP contribution in [0.3, 0.4) is 0 Å². The van der Waals surface area contributed by atoms with Crippen molar-refractivity contribution in [3.05, 3.63) is 85.7 Å². The van der Waals surface area contributed by atoms with Crippen LogP contribution in [0.15, 0.2) is 53.0 Å². The number of rotatable bonds is 5. The van der Waals surface area contributed by atoms with Crippen LogP contribution in [0.25, 0.3) is 0 Å². The molecule has 1 aromatic heterocycles. The van der Waals surface area contributed by atoms with E-state index in [2.05, 4.69) is 47.3 Å². The summed E-state index contributed by atoms with van der Waals surface area (Å²) in [5.41, 5.74) is 9.51. The van der Waals surface area contributed by atoms with Gasteiger partial charge in [-0.25, -0.2) is 0 Å². The van der Waals surface area contributed by atoms with Crippen LogP contribution in [0.4, 0.5) is 5.00 Å². The molecule has 0 aliphatic carbocycles. The third-order valence-electron chi connectivity index (χ3n) is 5.19. The van der Waals surface area contributed by atoms with Gasteiger partial charge in [0.15, 0.2) is 5.11 Å². The zero-order valence-corrected chi connectivity index (χ0v) is 22.1. The van der Waals surface area contributed by atoms with E-state index in [1.165, 1.54) is 11.3 Å². The fraction of sp³-hybridized carbons (Fsp3) is 0.240. The molecule has 2 amide bonds. The third kappa shape index (κ3) is 6.07. The monoisotopic (exact) mass is 543 g/mol. The Labute approximate surface area is 211 Å². The van der Waals surface area contributed by atoms with E-state index in [0.29, 0.717) is 22.5 Å². The van der Waals surface area contributed by atoms with Gasteiger partial charge in [-0.15, -0.1) is 11.3 Å². The summed E-state index contributed by atoms with van der Waals surface area (Å²) < 4.78 is 0.858. The predicted octanol–water partition coefficient (Wildman–Crippen LogP) is 5.93. The minimum Gasteiger partial charge on any atom is -0.365 e. The van der Waals surface area contributed by atoms with Gasteiger partial charge in [0.1, 0.15) is 5.00 Å². The maximum atomic E-state index is 12.7. The first-order chi connectivity index (χ1) is 15.5. The quantitative estimate of drug-likeness (QED) is 0.348. The lowest BCUT2D eigenvalue weighted by molar-refractivity contribution is 0.0975. The fourth-order valence-electron chi connectivity index (χ4n) is 3.47. The minimum absolute atomic E-state index is 0.0512. The molecule has 8 heteroatoms. The molecular weight excluding hydrogens is 518 g/mol. The van der Waals surface area contributed by atoms with Crippen LogP contribution in [0, 0.1) is 6.92 Å². The number of hydrogen-bond acceptors (Lipinski definition) is 4. The third-order valence-corrected chi connectivity index (χ3v) is 7.26. The maximum Gasteiger partial charge on any atom is 0.257 e. The lowest BCUT2D eigenvalue weighted by Crippen LogP contribution is -2.34. The van der Waals surface area contributed by atoms with Gasteiger partial charge in [-0.3, -0.25) is 14.9 Å². The van der Waals surface area contributed by atoms with Crippen molar-refractivity contribution in [2.45, 2.75) is 39.5 Å². The van der Waals surface area contributed by atoms with E-state index in [9.17, 15) is 9.59 Å². The molecule has 5 nitrogen and oxygen atoms in total. The molecule has 172 valence electrons. The molecule has 0 radical (unpaired) electrons. The first-order valence-electron chi connectivity index (χ1n) is 10.4. The summed E-state index contributed by atoms with van der Waals surface area (Å²) in [5.74, 6) is -0.881. The van der Waals surface area contributed by atoms with Crippen LogP contribution in [-0.4, -0.2) is 16.9 Å². The van der Waals surface area contributed by atoms with Crippen molar-refractivity contribution in [2.24, 2.45) is 5.73 Å². The minimum atomic E-state index is -0.540. The van der Waals surface area contributed by atoms with Crippen LogP contribution in [-0.2, 0) is 11.8 Å². The Morgan fingerprint density at radius 2 is 1.79 bits per heavy atom. The molecule has 0 bridgehead atoms. The van der Waals surface area contributed by atoms with Crippen LogP contribution in [0.2, 0.25) is 0 Å². The van der Waals surface area contributed by atoms with E-state index in [0.717, 1.165) is 26.0 Å². The van der Waals surface area contributed by atoms with Crippen molar-refractivity contribution in [1.82, 2.24) is 5.32 Å². The van der Waals surface area contributed by atoms with Crippen LogP contribution in [0.1, 0.15) is 63.1 Å². The number of benzene rings is 2. The van der Waals surface area contributed by atoms with Gasteiger partial charge in [-0.2, -0.15) is 0 Å².